The molecule has 0 fully saturated rings. The lowest BCUT2D eigenvalue weighted by Gasteiger charge is -2.13. The highest BCUT2D eigenvalue weighted by Gasteiger charge is 1.96. The third-order valence-electron chi connectivity index (χ3n) is 4.29. The van der Waals surface area contributed by atoms with Gasteiger partial charge in [-0.25, -0.2) is 4.21 Å². The van der Waals surface area contributed by atoms with Crippen LogP contribution in [-0.2, 0) is 23.6 Å². The zero-order valence-corrected chi connectivity index (χ0v) is 28.5. The van der Waals surface area contributed by atoms with E-state index in [-0.39, 0.29) is 17.8 Å². The highest BCUT2D eigenvalue weighted by Crippen LogP contribution is 1.96. The Labute approximate surface area is 255 Å². The average Bonchev–Trinajstić information content (AvgIpc) is 2.90. The van der Waals surface area contributed by atoms with Crippen molar-refractivity contribution < 1.29 is 28.8 Å². The Morgan fingerprint density at radius 1 is 0.795 bits per heavy atom. The number of aliphatic hydroxyl groups is 1. The molecule has 0 atom stereocenters. The van der Waals surface area contributed by atoms with Crippen LogP contribution in [0.1, 0.15) is 113 Å². The van der Waals surface area contributed by atoms with Crippen molar-refractivity contribution in [1.82, 2.24) is 10.2 Å². The van der Waals surface area contributed by atoms with Crippen molar-refractivity contribution in [3.05, 3.63) is 0 Å². The van der Waals surface area contributed by atoms with E-state index in [2.05, 4.69) is 59.3 Å². The Morgan fingerprint density at radius 3 is 1.33 bits per heavy atom. The molecule has 0 aromatic carbocycles. The molecular weight excluding hydrogens is 589 g/mol. The van der Waals surface area contributed by atoms with Crippen molar-refractivity contribution in [2.75, 3.05) is 39.3 Å². The zero-order chi connectivity index (χ0) is 31.9. The molecule has 0 saturated carbocycles. The molecule has 39 heavy (non-hydrogen) atoms. The second-order valence-electron chi connectivity index (χ2n) is 7.73. The quantitative estimate of drug-likeness (QED) is 0.153. The summed E-state index contributed by atoms with van der Waals surface area (Å²) in [6, 6.07) is 0. The van der Waals surface area contributed by atoms with Crippen LogP contribution in [0.2, 0.25) is 0 Å². The average molecular weight is 647 g/mol. The Kier molecular flexibility index (Phi) is 66.2. The molecule has 0 aliphatic rings. The number of carbonyl (C=O) groups excluding carboxylic acids is 2. The van der Waals surface area contributed by atoms with Gasteiger partial charge in [0.05, 0.1) is 6.61 Å². The van der Waals surface area contributed by atoms with E-state index >= 15 is 0 Å². The Morgan fingerprint density at radius 2 is 1.15 bits per heavy atom. The maximum atomic E-state index is 10.7. The normalized spacial score (nSPS) is 9.08. The smallest absolute Gasteiger partial charge is 0.303 e. The first-order chi connectivity index (χ1) is 18.3. The Bertz CT molecular complexity index is 480. The minimum atomic E-state index is -1.67. The first-order valence-corrected chi connectivity index (χ1v) is 17.0. The zero-order valence-electron chi connectivity index (χ0n) is 25.4. The van der Waals surface area contributed by atoms with E-state index < -0.39 is 15.2 Å². The molecule has 0 aromatic rings. The van der Waals surface area contributed by atoms with E-state index in [1.54, 1.807) is 0 Å². The van der Waals surface area contributed by atoms with E-state index in [1.165, 1.54) is 19.6 Å². The number of aliphatic carboxylic acids is 1. The molecule has 0 heterocycles. The number of unbranched alkanes of at least 4 members (excludes halogenated alkanes) is 3. The van der Waals surface area contributed by atoms with Crippen LogP contribution in [0.5, 0.6) is 0 Å². The number of hydrogen-bond donors (Lipinski definition) is 4. The molecule has 13 heteroatoms. The number of nitrogens with two attached hydrogens (primary N) is 1. The fourth-order valence-electron chi connectivity index (χ4n) is 1.94. The fourth-order valence-corrected chi connectivity index (χ4v) is 2.07. The number of aliphatic hydroxyl groups excluding tert-OH is 1. The summed E-state index contributed by atoms with van der Waals surface area (Å²) in [4.78, 5) is 32.8. The van der Waals surface area contributed by atoms with Crippen molar-refractivity contribution in [3.63, 3.8) is 0 Å². The van der Waals surface area contributed by atoms with Crippen LogP contribution in [0.25, 0.3) is 0 Å². The second-order valence-corrected chi connectivity index (χ2v) is 10.7. The van der Waals surface area contributed by atoms with Crippen LogP contribution in [0.15, 0.2) is 0 Å². The minimum Gasteiger partial charge on any atom is -0.481 e. The predicted molar refractivity (Wildman–Crippen MR) is 170 cm³/mol. The fraction of sp³-hybridized carbons (Fsp3) is 0.885. The summed E-state index contributed by atoms with van der Waals surface area (Å²) in [5.74, 6) is -0.655. The summed E-state index contributed by atoms with van der Waals surface area (Å²) >= 11 is 5.02. The van der Waals surface area contributed by atoms with E-state index in [0.29, 0.717) is 25.8 Å². The molecule has 9 nitrogen and oxygen atoms in total. The highest BCUT2D eigenvalue weighted by atomic mass is 36.0. The third-order valence-corrected chi connectivity index (χ3v) is 4.48. The van der Waals surface area contributed by atoms with Crippen LogP contribution in [0.3, 0.4) is 0 Å². The predicted octanol–water partition coefficient (Wildman–Crippen LogP) is 6.23. The van der Waals surface area contributed by atoms with Crippen LogP contribution in [0.4, 0.5) is 0 Å². The number of carbonyl (C=O) groups is 3. The molecule has 0 aliphatic heterocycles. The minimum absolute atomic E-state index is 0.0257. The molecule has 0 bridgehead atoms. The Hall–Kier alpha value is -0.490. The van der Waals surface area contributed by atoms with Gasteiger partial charge in [-0.15, -0.1) is 0 Å². The monoisotopic (exact) mass is 645 g/mol. The van der Waals surface area contributed by atoms with Gasteiger partial charge in [0.25, 0.3) is 0 Å². The van der Waals surface area contributed by atoms with E-state index in [1.807, 2.05) is 20.8 Å². The molecule has 0 rings (SSSR count). The van der Waals surface area contributed by atoms with Crippen LogP contribution in [-0.4, -0.2) is 75.8 Å². The maximum absolute atomic E-state index is 10.7. The number of amides is 1. The van der Waals surface area contributed by atoms with Gasteiger partial charge in [0.1, 0.15) is 0 Å². The molecule has 5 N–H and O–H groups in total. The number of rotatable bonds is 15. The van der Waals surface area contributed by atoms with Gasteiger partial charge in [0.15, 0.2) is 0 Å². The molecule has 0 spiro atoms. The van der Waals surface area contributed by atoms with Gasteiger partial charge in [-0.1, -0.05) is 67.7 Å². The summed E-state index contributed by atoms with van der Waals surface area (Å²) in [5.41, 5.74) is 5.03. The molecule has 0 aromatic heterocycles. The number of carboxylic acids is 1. The van der Waals surface area contributed by atoms with Crippen LogP contribution < -0.4 is 11.1 Å². The van der Waals surface area contributed by atoms with Crippen molar-refractivity contribution in [1.29, 1.82) is 0 Å². The lowest BCUT2D eigenvalue weighted by molar-refractivity contribution is -0.137. The molecule has 0 aliphatic carbocycles. The van der Waals surface area contributed by atoms with Gasteiger partial charge >= 0.3 is 5.97 Å². The third kappa shape index (κ3) is 93.3. The van der Waals surface area contributed by atoms with Gasteiger partial charge in [-0.05, 0) is 63.5 Å². The highest BCUT2D eigenvalue weighted by molar-refractivity contribution is 8.26. The molecule has 0 saturated heterocycles. The number of hydrogen-bond acceptors (Lipinski definition) is 7. The standard InChI is InChI=1S/C7H15NO2.C6H15N.C5H9ClO.C5H10O2.C3H9N.Cl2OS/c1-2-3-4-7(10)8-5-6-9;1-4-7(5-2)6-3;2*1-2-3-4-5(6)7;1-2-3-4;1-4(2)3/h9H,2-6H2,1H3,(H,8,10);4-6H2,1-3H3;2-4H2,1H3;2-4H2,1H3,(H,6,7);2-4H2,1H3;. The van der Waals surface area contributed by atoms with Gasteiger partial charge in [0, 0.05) is 47.2 Å². The summed E-state index contributed by atoms with van der Waals surface area (Å²) in [6.07, 6.45) is 8.21. The topological polar surface area (TPSA) is 150 Å². The van der Waals surface area contributed by atoms with E-state index in [4.69, 9.17) is 31.8 Å². The largest absolute Gasteiger partial charge is 0.481 e. The van der Waals surface area contributed by atoms with Crippen molar-refractivity contribution in [3.8, 4) is 0 Å². The van der Waals surface area contributed by atoms with Gasteiger partial charge < -0.3 is 26.2 Å². The van der Waals surface area contributed by atoms with Gasteiger partial charge in [-0.2, -0.15) is 0 Å². The summed E-state index contributed by atoms with van der Waals surface area (Å²) in [6.45, 7) is 19.4. The number of halogens is 3. The van der Waals surface area contributed by atoms with Crippen molar-refractivity contribution >= 4 is 59.3 Å². The number of nitrogens with one attached hydrogen (secondary N) is 1. The maximum Gasteiger partial charge on any atom is 0.303 e. The van der Waals surface area contributed by atoms with Crippen molar-refractivity contribution in [2.45, 2.75) is 113 Å². The van der Waals surface area contributed by atoms with Crippen LogP contribution >= 0.6 is 33.0 Å². The lowest BCUT2D eigenvalue weighted by atomic mass is 10.2. The Balaban J connectivity index is -0.0000000862. The first-order valence-electron chi connectivity index (χ1n) is 13.8. The first kappa shape index (κ1) is 51.3. The molecule has 0 unspecified atom stereocenters. The van der Waals surface area contributed by atoms with Gasteiger partial charge in [0.2, 0.25) is 20.4 Å². The van der Waals surface area contributed by atoms with E-state index in [9.17, 15) is 14.4 Å². The molecule has 240 valence electrons. The number of nitrogens with zero attached hydrogens (tertiary/aromatic N) is 1. The lowest BCUT2D eigenvalue weighted by Crippen LogP contribution is -2.25. The summed E-state index contributed by atoms with van der Waals surface area (Å²) in [7, 11) is 7.36. The number of carboxylic acid groups (broad SMARTS) is 1. The summed E-state index contributed by atoms with van der Waals surface area (Å²) in [5, 5.41) is 18.7. The van der Waals surface area contributed by atoms with Crippen LogP contribution in [0, 0.1) is 0 Å². The SMILES string of the molecule is CCCCC(=O)Cl.CCCCC(=O)NCCO.CCCCC(=O)O.CCCN.CCN(CC)CC.O=S(Cl)Cl. The van der Waals surface area contributed by atoms with Gasteiger partial charge in [-0.3, -0.25) is 14.4 Å². The molecular formula is C26H58Cl3N3O6S. The second kappa shape index (κ2) is 50.4. The molecule has 1 amide bonds. The summed E-state index contributed by atoms with van der Waals surface area (Å²) < 4.78 is 9.09. The molecule has 0 radical (unpaired) electrons. The van der Waals surface area contributed by atoms with E-state index in [0.717, 1.165) is 51.5 Å². The van der Waals surface area contributed by atoms with Crippen molar-refractivity contribution in [2.24, 2.45) is 5.73 Å².